The summed E-state index contributed by atoms with van der Waals surface area (Å²) < 4.78 is 0. The van der Waals surface area contributed by atoms with Crippen LogP contribution in [0.15, 0.2) is 24.3 Å². The van der Waals surface area contributed by atoms with Crippen LogP contribution in [0.1, 0.15) is 34.5 Å². The third kappa shape index (κ3) is 2.28. The molecule has 2 aliphatic rings. The van der Waals surface area contributed by atoms with Gasteiger partial charge in [-0.1, -0.05) is 0 Å². The van der Waals surface area contributed by atoms with Crippen molar-refractivity contribution < 1.29 is 4.79 Å². The van der Waals surface area contributed by atoms with Gasteiger partial charge in [-0.05, 0) is 49.9 Å². The van der Waals surface area contributed by atoms with Crippen molar-refractivity contribution in [3.05, 3.63) is 41.1 Å². The SMILES string of the molecule is NC(=O)c1ccc2[nH]c(-c3nc(N4CCC4)nc4c3CCC4)cc2c1. The summed E-state index contributed by atoms with van der Waals surface area (Å²) in [5.41, 5.74) is 11.3. The number of primary amides is 1. The summed E-state index contributed by atoms with van der Waals surface area (Å²) in [6.45, 7) is 2.07. The van der Waals surface area contributed by atoms with Gasteiger partial charge in [0.1, 0.15) is 0 Å². The Morgan fingerprint density at radius 2 is 2.00 bits per heavy atom. The van der Waals surface area contributed by atoms with Crippen LogP contribution in [0, 0.1) is 0 Å². The number of fused-ring (bicyclic) bond motifs is 2. The van der Waals surface area contributed by atoms with Crippen molar-refractivity contribution >= 4 is 22.8 Å². The highest BCUT2D eigenvalue weighted by Gasteiger charge is 2.25. The minimum absolute atomic E-state index is 0.410. The zero-order valence-corrected chi connectivity index (χ0v) is 13.9. The van der Waals surface area contributed by atoms with Crippen LogP contribution in [0.2, 0.25) is 0 Å². The first kappa shape index (κ1) is 14.5. The first-order valence-corrected chi connectivity index (χ1v) is 8.77. The molecule has 2 aromatic heterocycles. The Morgan fingerprint density at radius 3 is 2.76 bits per heavy atom. The van der Waals surface area contributed by atoms with E-state index in [-0.39, 0.29) is 0 Å². The Kier molecular flexibility index (Phi) is 3.07. The number of H-pyrrole nitrogens is 1. The maximum Gasteiger partial charge on any atom is 0.248 e. The van der Waals surface area contributed by atoms with E-state index < -0.39 is 5.91 Å². The van der Waals surface area contributed by atoms with Crippen LogP contribution in [0.5, 0.6) is 0 Å². The van der Waals surface area contributed by atoms with Gasteiger partial charge in [0, 0.05) is 40.8 Å². The second-order valence-corrected chi connectivity index (χ2v) is 6.84. The molecule has 0 atom stereocenters. The molecule has 1 saturated heterocycles. The van der Waals surface area contributed by atoms with Gasteiger partial charge in [-0.15, -0.1) is 0 Å². The molecule has 6 nitrogen and oxygen atoms in total. The van der Waals surface area contributed by atoms with Gasteiger partial charge < -0.3 is 15.6 Å². The Labute approximate surface area is 145 Å². The summed E-state index contributed by atoms with van der Waals surface area (Å²) in [4.78, 5) is 26.8. The summed E-state index contributed by atoms with van der Waals surface area (Å²) in [6.07, 6.45) is 4.38. The molecule has 1 amide bonds. The highest BCUT2D eigenvalue weighted by Crippen LogP contribution is 2.34. The van der Waals surface area contributed by atoms with Gasteiger partial charge in [0.25, 0.3) is 0 Å². The van der Waals surface area contributed by atoms with E-state index in [9.17, 15) is 4.79 Å². The lowest BCUT2D eigenvalue weighted by atomic mass is 10.1. The molecule has 1 aromatic carbocycles. The third-order valence-electron chi connectivity index (χ3n) is 5.22. The maximum absolute atomic E-state index is 11.4. The monoisotopic (exact) mass is 333 g/mol. The summed E-state index contributed by atoms with van der Waals surface area (Å²) in [6, 6.07) is 7.54. The molecule has 6 heteroatoms. The van der Waals surface area contributed by atoms with Crippen LogP contribution in [0.3, 0.4) is 0 Å². The highest BCUT2D eigenvalue weighted by molar-refractivity contribution is 5.98. The number of hydrogen-bond donors (Lipinski definition) is 2. The van der Waals surface area contributed by atoms with Gasteiger partial charge in [-0.3, -0.25) is 4.79 Å². The molecule has 1 aliphatic carbocycles. The number of aromatic amines is 1. The maximum atomic E-state index is 11.4. The minimum atomic E-state index is -0.410. The molecule has 126 valence electrons. The van der Waals surface area contributed by atoms with Crippen molar-refractivity contribution in [1.29, 1.82) is 0 Å². The first-order valence-electron chi connectivity index (χ1n) is 8.77. The molecule has 0 bridgehead atoms. The number of anilines is 1. The van der Waals surface area contributed by atoms with Crippen molar-refractivity contribution in [2.75, 3.05) is 18.0 Å². The fourth-order valence-electron chi connectivity index (χ4n) is 3.71. The number of nitrogens with zero attached hydrogens (tertiary/aromatic N) is 3. The fraction of sp³-hybridized carbons (Fsp3) is 0.316. The smallest absolute Gasteiger partial charge is 0.248 e. The number of benzene rings is 1. The lowest BCUT2D eigenvalue weighted by Crippen LogP contribution is -2.38. The minimum Gasteiger partial charge on any atom is -0.366 e. The van der Waals surface area contributed by atoms with Crippen LogP contribution < -0.4 is 10.6 Å². The number of nitrogens with one attached hydrogen (secondary N) is 1. The Bertz CT molecular complexity index is 1000. The van der Waals surface area contributed by atoms with E-state index >= 15 is 0 Å². The summed E-state index contributed by atoms with van der Waals surface area (Å²) in [5, 5.41) is 0.974. The predicted octanol–water partition coefficient (Wildman–Crippen LogP) is 2.42. The molecule has 0 spiro atoms. The number of aromatic nitrogens is 3. The van der Waals surface area contributed by atoms with Crippen LogP contribution in [0.25, 0.3) is 22.3 Å². The first-order chi connectivity index (χ1) is 12.2. The third-order valence-corrected chi connectivity index (χ3v) is 5.22. The molecular weight excluding hydrogens is 314 g/mol. The zero-order chi connectivity index (χ0) is 17.0. The van der Waals surface area contributed by atoms with E-state index in [1.807, 2.05) is 12.1 Å². The molecular formula is C19H19N5O. The predicted molar refractivity (Wildman–Crippen MR) is 96.7 cm³/mol. The molecule has 0 radical (unpaired) electrons. The Balaban J connectivity index is 1.66. The lowest BCUT2D eigenvalue weighted by molar-refractivity contribution is 0.100. The summed E-state index contributed by atoms with van der Waals surface area (Å²) >= 11 is 0. The number of aryl methyl sites for hydroxylation is 1. The molecule has 0 unspecified atom stereocenters. The second kappa shape index (κ2) is 5.31. The molecule has 3 N–H and O–H groups in total. The number of carbonyl (C=O) groups is 1. The number of rotatable bonds is 3. The molecule has 1 aliphatic heterocycles. The quantitative estimate of drug-likeness (QED) is 0.770. The molecule has 0 saturated carbocycles. The van der Waals surface area contributed by atoms with E-state index in [0.717, 1.165) is 60.6 Å². The van der Waals surface area contributed by atoms with Crippen LogP contribution in [-0.2, 0) is 12.8 Å². The zero-order valence-electron chi connectivity index (χ0n) is 13.9. The van der Waals surface area contributed by atoms with Crippen molar-refractivity contribution in [2.45, 2.75) is 25.7 Å². The van der Waals surface area contributed by atoms with Gasteiger partial charge in [-0.25, -0.2) is 9.97 Å². The molecule has 25 heavy (non-hydrogen) atoms. The van der Waals surface area contributed by atoms with Crippen molar-refractivity contribution in [3.8, 4) is 11.4 Å². The number of carbonyl (C=O) groups excluding carboxylic acids is 1. The molecule has 1 fully saturated rings. The number of hydrogen-bond acceptors (Lipinski definition) is 4. The van der Waals surface area contributed by atoms with Gasteiger partial charge in [0.05, 0.1) is 11.4 Å². The van der Waals surface area contributed by atoms with E-state index in [2.05, 4.69) is 16.0 Å². The number of nitrogens with two attached hydrogens (primary N) is 1. The van der Waals surface area contributed by atoms with E-state index in [1.54, 1.807) is 6.07 Å². The standard InChI is InChI=1S/C19H19N5O/c20-18(25)11-5-6-14-12(9-11)10-16(21-14)17-13-3-1-4-15(13)22-19(23-17)24-7-2-8-24/h5-6,9-10,21H,1-4,7-8H2,(H2,20,25). The van der Waals surface area contributed by atoms with E-state index in [1.165, 1.54) is 17.7 Å². The van der Waals surface area contributed by atoms with Crippen LogP contribution in [0.4, 0.5) is 5.95 Å². The fourth-order valence-corrected chi connectivity index (χ4v) is 3.71. The molecule has 3 aromatic rings. The molecule has 5 rings (SSSR count). The Hall–Kier alpha value is -2.89. The highest BCUT2D eigenvalue weighted by atomic mass is 16.1. The van der Waals surface area contributed by atoms with Crippen molar-refractivity contribution in [2.24, 2.45) is 5.73 Å². The second-order valence-electron chi connectivity index (χ2n) is 6.84. The van der Waals surface area contributed by atoms with Gasteiger partial charge in [0.15, 0.2) is 0 Å². The average Bonchev–Trinajstić information content (AvgIpc) is 3.17. The largest absolute Gasteiger partial charge is 0.366 e. The summed E-state index contributed by atoms with van der Waals surface area (Å²) in [5.74, 6) is 0.436. The normalized spacial score (nSPS) is 16.1. The van der Waals surface area contributed by atoms with Gasteiger partial charge >= 0.3 is 0 Å². The lowest BCUT2D eigenvalue weighted by Gasteiger charge is -2.31. The van der Waals surface area contributed by atoms with Crippen molar-refractivity contribution in [1.82, 2.24) is 15.0 Å². The van der Waals surface area contributed by atoms with E-state index in [0.29, 0.717) is 5.56 Å². The van der Waals surface area contributed by atoms with Crippen molar-refractivity contribution in [3.63, 3.8) is 0 Å². The summed E-state index contributed by atoms with van der Waals surface area (Å²) in [7, 11) is 0. The van der Waals surface area contributed by atoms with Crippen LogP contribution >= 0.6 is 0 Å². The molecule has 3 heterocycles. The van der Waals surface area contributed by atoms with Gasteiger partial charge in [0.2, 0.25) is 11.9 Å². The Morgan fingerprint density at radius 1 is 1.12 bits per heavy atom. The van der Waals surface area contributed by atoms with E-state index in [4.69, 9.17) is 15.7 Å². The topological polar surface area (TPSA) is 87.9 Å². The number of amides is 1. The average molecular weight is 333 g/mol. The van der Waals surface area contributed by atoms with Gasteiger partial charge in [-0.2, -0.15) is 0 Å². The van der Waals surface area contributed by atoms with Crippen LogP contribution in [-0.4, -0.2) is 33.9 Å².